The molecule has 3 heterocycles. The molecule has 1 atom stereocenters. The minimum atomic E-state index is 0.00756. The van der Waals surface area contributed by atoms with E-state index in [2.05, 4.69) is 15.1 Å². The number of carbonyl (C=O) groups is 1. The first kappa shape index (κ1) is 14.6. The van der Waals surface area contributed by atoms with Crippen LogP contribution in [0.1, 0.15) is 30.1 Å². The van der Waals surface area contributed by atoms with Crippen LogP contribution in [0.25, 0.3) is 5.82 Å². The fourth-order valence-electron chi connectivity index (χ4n) is 2.68. The molecule has 0 saturated carbocycles. The predicted octanol–water partition coefficient (Wildman–Crippen LogP) is 1.30. The molecule has 0 radical (unpaired) electrons. The van der Waals surface area contributed by atoms with E-state index in [1.54, 1.807) is 24.7 Å². The molecule has 1 aliphatic rings. The van der Waals surface area contributed by atoms with Gasteiger partial charge in [-0.2, -0.15) is 5.10 Å². The second-order valence-electron chi connectivity index (χ2n) is 5.21. The Hall–Kier alpha value is -2.28. The molecule has 7 nitrogen and oxygen atoms in total. The van der Waals surface area contributed by atoms with Crippen molar-refractivity contribution in [3.8, 4) is 5.82 Å². The van der Waals surface area contributed by atoms with Gasteiger partial charge in [-0.15, -0.1) is 0 Å². The smallest absolute Gasteiger partial charge is 0.254 e. The third-order valence-corrected chi connectivity index (χ3v) is 3.71. The number of pyridine rings is 1. The number of aromatic nitrogens is 4. The van der Waals surface area contributed by atoms with Gasteiger partial charge in [0.1, 0.15) is 12.7 Å². The van der Waals surface area contributed by atoms with Gasteiger partial charge in [-0.05, 0) is 31.9 Å². The molecule has 3 rings (SSSR count). The van der Waals surface area contributed by atoms with Crippen molar-refractivity contribution < 1.29 is 9.53 Å². The summed E-state index contributed by atoms with van der Waals surface area (Å²) in [5.41, 5.74) is 0.609. The molecule has 2 aromatic heterocycles. The van der Waals surface area contributed by atoms with Gasteiger partial charge in [0.25, 0.3) is 5.91 Å². The summed E-state index contributed by atoms with van der Waals surface area (Å²) in [5.74, 6) is 0.592. The van der Waals surface area contributed by atoms with Crippen LogP contribution in [0.15, 0.2) is 31.0 Å². The van der Waals surface area contributed by atoms with Crippen LogP contribution in [0.5, 0.6) is 0 Å². The third kappa shape index (κ3) is 3.14. The number of hydrogen-bond acceptors (Lipinski definition) is 5. The highest BCUT2D eigenvalue weighted by Crippen LogP contribution is 2.17. The molecule has 0 aliphatic carbocycles. The number of carbonyl (C=O) groups excluding carboxylic acids is 1. The van der Waals surface area contributed by atoms with Crippen molar-refractivity contribution in [2.75, 3.05) is 19.7 Å². The summed E-state index contributed by atoms with van der Waals surface area (Å²) in [4.78, 5) is 22.6. The topological polar surface area (TPSA) is 73.1 Å². The third-order valence-electron chi connectivity index (χ3n) is 3.71. The van der Waals surface area contributed by atoms with E-state index in [4.69, 9.17) is 4.74 Å². The Morgan fingerprint density at radius 1 is 1.50 bits per heavy atom. The zero-order chi connectivity index (χ0) is 15.4. The quantitative estimate of drug-likeness (QED) is 0.851. The molecular formula is C15H19N5O2. The molecule has 0 spiro atoms. The molecular weight excluding hydrogens is 282 g/mol. The molecule has 0 bridgehead atoms. The summed E-state index contributed by atoms with van der Waals surface area (Å²) >= 11 is 0. The molecule has 2 aromatic rings. The van der Waals surface area contributed by atoms with E-state index in [1.165, 1.54) is 11.0 Å². The minimum absolute atomic E-state index is 0.00756. The maximum absolute atomic E-state index is 12.7. The van der Waals surface area contributed by atoms with Crippen LogP contribution in [-0.4, -0.2) is 56.4 Å². The van der Waals surface area contributed by atoms with Gasteiger partial charge < -0.3 is 9.64 Å². The van der Waals surface area contributed by atoms with Crippen molar-refractivity contribution in [3.05, 3.63) is 36.5 Å². The van der Waals surface area contributed by atoms with Gasteiger partial charge in [0.15, 0.2) is 5.82 Å². The van der Waals surface area contributed by atoms with Crippen LogP contribution in [0, 0.1) is 0 Å². The van der Waals surface area contributed by atoms with Crippen LogP contribution < -0.4 is 0 Å². The molecule has 1 saturated heterocycles. The Labute approximate surface area is 128 Å². The van der Waals surface area contributed by atoms with Crippen LogP contribution in [-0.2, 0) is 4.74 Å². The number of likely N-dealkylation sites (tertiary alicyclic amines) is 1. The van der Waals surface area contributed by atoms with Gasteiger partial charge in [0.05, 0.1) is 6.10 Å². The average molecular weight is 301 g/mol. The summed E-state index contributed by atoms with van der Waals surface area (Å²) in [6.45, 7) is 4.07. The normalized spacial score (nSPS) is 18.4. The number of amides is 1. The first-order valence-electron chi connectivity index (χ1n) is 7.50. The van der Waals surface area contributed by atoms with E-state index in [0.29, 0.717) is 24.5 Å². The van der Waals surface area contributed by atoms with E-state index >= 15 is 0 Å². The Balaban J connectivity index is 1.76. The van der Waals surface area contributed by atoms with Crippen LogP contribution in [0.2, 0.25) is 0 Å². The molecule has 1 amide bonds. The van der Waals surface area contributed by atoms with Crippen LogP contribution >= 0.6 is 0 Å². The van der Waals surface area contributed by atoms with Crippen molar-refractivity contribution in [2.45, 2.75) is 25.9 Å². The minimum Gasteiger partial charge on any atom is -0.377 e. The molecule has 1 fully saturated rings. The first-order chi connectivity index (χ1) is 10.8. The summed E-state index contributed by atoms with van der Waals surface area (Å²) in [7, 11) is 0. The van der Waals surface area contributed by atoms with Gasteiger partial charge in [-0.1, -0.05) is 0 Å². The zero-order valence-corrected chi connectivity index (χ0v) is 12.6. The monoisotopic (exact) mass is 301 g/mol. The maximum atomic E-state index is 12.7. The fraction of sp³-hybridized carbons (Fsp3) is 0.467. The molecule has 0 aromatic carbocycles. The number of nitrogens with zero attached hydrogens (tertiary/aromatic N) is 5. The first-order valence-corrected chi connectivity index (χ1v) is 7.50. The lowest BCUT2D eigenvalue weighted by Gasteiger charge is -2.32. The van der Waals surface area contributed by atoms with E-state index in [-0.39, 0.29) is 12.0 Å². The summed E-state index contributed by atoms with van der Waals surface area (Å²) in [5, 5.41) is 4.03. The van der Waals surface area contributed by atoms with Crippen molar-refractivity contribution in [2.24, 2.45) is 0 Å². The number of ether oxygens (including phenoxy) is 1. The molecule has 22 heavy (non-hydrogen) atoms. The number of rotatable bonds is 4. The van der Waals surface area contributed by atoms with Crippen molar-refractivity contribution in [1.29, 1.82) is 0 Å². The Morgan fingerprint density at radius 3 is 3.18 bits per heavy atom. The molecule has 0 unspecified atom stereocenters. The predicted molar refractivity (Wildman–Crippen MR) is 79.7 cm³/mol. The highest BCUT2D eigenvalue weighted by atomic mass is 16.5. The van der Waals surface area contributed by atoms with Crippen molar-refractivity contribution in [1.82, 2.24) is 24.6 Å². The van der Waals surface area contributed by atoms with Gasteiger partial charge in [0.2, 0.25) is 0 Å². The van der Waals surface area contributed by atoms with Gasteiger partial charge in [-0.25, -0.2) is 14.6 Å². The lowest BCUT2D eigenvalue weighted by Crippen LogP contribution is -2.43. The second-order valence-corrected chi connectivity index (χ2v) is 5.21. The van der Waals surface area contributed by atoms with Crippen molar-refractivity contribution >= 4 is 5.91 Å². The fourth-order valence-corrected chi connectivity index (χ4v) is 2.68. The number of piperidine rings is 1. The Bertz CT molecular complexity index is 627. The largest absolute Gasteiger partial charge is 0.377 e. The molecule has 1 aliphatic heterocycles. The van der Waals surface area contributed by atoms with Crippen LogP contribution in [0.3, 0.4) is 0 Å². The summed E-state index contributed by atoms with van der Waals surface area (Å²) < 4.78 is 7.19. The average Bonchev–Trinajstić information content (AvgIpc) is 3.09. The highest BCUT2D eigenvalue weighted by molar-refractivity contribution is 5.94. The summed E-state index contributed by atoms with van der Waals surface area (Å²) in [6, 6.07) is 3.47. The standard InChI is InChI=1S/C15H19N5O2/c1-2-22-13-4-3-7-19(9-13)15(21)12-5-6-17-14(8-12)20-11-16-10-18-20/h5-6,8,10-11,13H,2-4,7,9H2,1H3/t13-/m1/s1. The lowest BCUT2D eigenvalue weighted by atomic mass is 10.1. The highest BCUT2D eigenvalue weighted by Gasteiger charge is 2.25. The zero-order valence-electron chi connectivity index (χ0n) is 12.6. The molecule has 0 N–H and O–H groups in total. The van der Waals surface area contributed by atoms with Crippen LogP contribution in [0.4, 0.5) is 0 Å². The Morgan fingerprint density at radius 2 is 2.41 bits per heavy atom. The van der Waals surface area contributed by atoms with Gasteiger partial charge in [0, 0.05) is 31.5 Å². The van der Waals surface area contributed by atoms with E-state index in [1.807, 2.05) is 11.8 Å². The van der Waals surface area contributed by atoms with Gasteiger partial charge in [-0.3, -0.25) is 4.79 Å². The SMILES string of the molecule is CCO[C@@H]1CCCN(C(=O)c2ccnc(-n3cncn3)c2)C1. The van der Waals surface area contributed by atoms with E-state index in [9.17, 15) is 4.79 Å². The number of hydrogen-bond donors (Lipinski definition) is 0. The van der Waals surface area contributed by atoms with Crippen molar-refractivity contribution in [3.63, 3.8) is 0 Å². The second kappa shape index (κ2) is 6.65. The summed E-state index contributed by atoms with van der Waals surface area (Å²) in [6.07, 6.45) is 6.74. The molecule has 116 valence electrons. The van der Waals surface area contributed by atoms with E-state index < -0.39 is 0 Å². The van der Waals surface area contributed by atoms with Gasteiger partial charge >= 0.3 is 0 Å². The Kier molecular flexibility index (Phi) is 4.43. The molecule has 7 heteroatoms. The van der Waals surface area contributed by atoms with E-state index in [0.717, 1.165) is 19.4 Å². The lowest BCUT2D eigenvalue weighted by molar-refractivity contribution is 0.00724. The maximum Gasteiger partial charge on any atom is 0.254 e.